The number of halogens is 1. The van der Waals surface area contributed by atoms with E-state index in [9.17, 15) is 4.79 Å². The highest BCUT2D eigenvalue weighted by Gasteiger charge is 2.21. The lowest BCUT2D eigenvalue weighted by Gasteiger charge is -2.22. The van der Waals surface area contributed by atoms with Crippen LogP contribution < -0.4 is 10.1 Å². The molecule has 0 unspecified atom stereocenters. The summed E-state index contributed by atoms with van der Waals surface area (Å²) < 4.78 is 5.75. The van der Waals surface area contributed by atoms with Gasteiger partial charge in [0, 0.05) is 37.6 Å². The van der Waals surface area contributed by atoms with Gasteiger partial charge < -0.3 is 15.0 Å². The number of carbonyl (C=O) groups is 1. The predicted octanol–water partition coefficient (Wildman–Crippen LogP) is 2.42. The number of aromatic nitrogens is 2. The minimum absolute atomic E-state index is 0.151. The third kappa shape index (κ3) is 2.75. The molecule has 1 aromatic carbocycles. The van der Waals surface area contributed by atoms with Gasteiger partial charge in [0.2, 0.25) is 0 Å². The Morgan fingerprint density at radius 1 is 1.33 bits per heavy atom. The molecule has 1 N–H and O–H groups in total. The Morgan fingerprint density at radius 3 is 3.00 bits per heavy atom. The van der Waals surface area contributed by atoms with E-state index in [2.05, 4.69) is 15.3 Å². The van der Waals surface area contributed by atoms with Gasteiger partial charge in [-0.3, -0.25) is 4.79 Å². The average molecular weight is 305 g/mol. The van der Waals surface area contributed by atoms with Crippen LogP contribution in [0, 0.1) is 0 Å². The molecule has 0 saturated heterocycles. The van der Waals surface area contributed by atoms with Gasteiger partial charge in [-0.05, 0) is 18.2 Å². The summed E-state index contributed by atoms with van der Waals surface area (Å²) in [5.74, 6) is 1.13. The van der Waals surface area contributed by atoms with E-state index >= 15 is 0 Å². The quantitative estimate of drug-likeness (QED) is 0.809. The van der Waals surface area contributed by atoms with Gasteiger partial charge >= 0.3 is 0 Å². The monoisotopic (exact) mass is 304 g/mol. The van der Waals surface area contributed by atoms with Crippen molar-refractivity contribution in [2.24, 2.45) is 0 Å². The van der Waals surface area contributed by atoms with Crippen molar-refractivity contribution < 1.29 is 9.53 Å². The number of nitrogens with one attached hydrogen (secondary N) is 1. The van der Waals surface area contributed by atoms with Crippen molar-refractivity contribution in [2.45, 2.75) is 0 Å². The summed E-state index contributed by atoms with van der Waals surface area (Å²) in [6.07, 6.45) is 3.12. The zero-order valence-electron chi connectivity index (χ0n) is 11.3. The van der Waals surface area contributed by atoms with Crippen LogP contribution in [0.1, 0.15) is 10.4 Å². The summed E-state index contributed by atoms with van der Waals surface area (Å²) in [5.41, 5.74) is 0.406. The number of ether oxygens (including phenoxy) is 1. The largest absolute Gasteiger partial charge is 0.435 e. The highest BCUT2D eigenvalue weighted by atomic mass is 35.5. The van der Waals surface area contributed by atoms with Gasteiger partial charge in [-0.1, -0.05) is 11.6 Å². The molecule has 21 heavy (non-hydrogen) atoms. The van der Waals surface area contributed by atoms with Crippen molar-refractivity contribution >= 4 is 23.3 Å². The number of rotatable bonds is 0. The highest BCUT2D eigenvalue weighted by molar-refractivity contribution is 6.31. The van der Waals surface area contributed by atoms with Crippen LogP contribution >= 0.6 is 11.6 Å². The van der Waals surface area contributed by atoms with Crippen LogP contribution in [0.25, 0.3) is 0 Å². The first-order chi connectivity index (χ1) is 10.1. The van der Waals surface area contributed by atoms with Crippen molar-refractivity contribution in [1.82, 2.24) is 14.9 Å². The third-order valence-electron chi connectivity index (χ3n) is 3.13. The molecule has 1 aliphatic rings. The van der Waals surface area contributed by atoms with E-state index in [1.807, 2.05) is 0 Å². The van der Waals surface area contributed by atoms with Crippen molar-refractivity contribution in [1.29, 1.82) is 0 Å². The van der Waals surface area contributed by atoms with Crippen molar-refractivity contribution in [3.63, 3.8) is 0 Å². The normalized spacial score (nSPS) is 14.6. The smallest absolute Gasteiger partial charge is 0.262 e. The molecule has 2 heterocycles. The van der Waals surface area contributed by atoms with Crippen LogP contribution in [0.15, 0.2) is 30.6 Å². The van der Waals surface area contributed by atoms with E-state index in [0.29, 0.717) is 41.1 Å². The lowest BCUT2D eigenvalue weighted by Crippen LogP contribution is -2.32. The zero-order valence-corrected chi connectivity index (χ0v) is 12.1. The van der Waals surface area contributed by atoms with Crippen molar-refractivity contribution in [2.75, 3.05) is 25.5 Å². The van der Waals surface area contributed by atoms with E-state index in [1.165, 1.54) is 6.20 Å². The standard InChI is InChI=1S/C14H13ClN4O2/c1-19-7-6-17-12-13(18-5-4-16-12)21-11-3-2-9(15)8-10(11)14(19)20/h2-5,8H,6-7H2,1H3,(H,16,17). The maximum atomic E-state index is 12.4. The molecular weight excluding hydrogens is 292 g/mol. The SMILES string of the molecule is CN1CCNc2nccnc2Oc2ccc(Cl)cc2C1=O. The minimum Gasteiger partial charge on any atom is -0.435 e. The molecule has 1 aromatic heterocycles. The molecule has 0 spiro atoms. The van der Waals surface area contributed by atoms with Crippen molar-refractivity contribution in [3.05, 3.63) is 41.2 Å². The first-order valence-corrected chi connectivity index (χ1v) is 6.80. The molecule has 0 aliphatic carbocycles. The van der Waals surface area contributed by atoms with Crippen LogP contribution in [-0.2, 0) is 0 Å². The molecule has 3 rings (SSSR count). The fourth-order valence-corrected chi connectivity index (χ4v) is 2.20. The third-order valence-corrected chi connectivity index (χ3v) is 3.36. The van der Waals surface area contributed by atoms with Crippen LogP contribution in [0.4, 0.5) is 5.82 Å². The maximum Gasteiger partial charge on any atom is 0.262 e. The molecule has 0 fully saturated rings. The second kappa shape index (κ2) is 5.57. The first-order valence-electron chi connectivity index (χ1n) is 6.43. The molecule has 6 nitrogen and oxygen atoms in total. The first kappa shape index (κ1) is 13.6. The van der Waals surface area contributed by atoms with Gasteiger partial charge in [-0.25, -0.2) is 9.97 Å². The van der Waals surface area contributed by atoms with E-state index in [4.69, 9.17) is 16.3 Å². The summed E-state index contributed by atoms with van der Waals surface area (Å²) in [4.78, 5) is 22.4. The number of nitrogens with zero attached hydrogens (tertiary/aromatic N) is 3. The molecule has 0 atom stereocenters. The second-order valence-electron chi connectivity index (χ2n) is 4.61. The average Bonchev–Trinajstić information content (AvgIpc) is 2.49. The minimum atomic E-state index is -0.151. The molecule has 1 amide bonds. The zero-order chi connectivity index (χ0) is 14.8. The highest BCUT2D eigenvalue weighted by Crippen LogP contribution is 2.31. The van der Waals surface area contributed by atoms with Gasteiger partial charge in [0.05, 0.1) is 5.56 Å². The van der Waals surface area contributed by atoms with Gasteiger partial charge in [0.25, 0.3) is 11.8 Å². The number of carbonyl (C=O) groups excluding carboxylic acids is 1. The Labute approximate surface area is 126 Å². The summed E-state index contributed by atoms with van der Waals surface area (Å²) in [7, 11) is 1.73. The number of likely N-dealkylation sites (N-methyl/N-ethyl adjacent to an activating group) is 1. The summed E-state index contributed by atoms with van der Waals surface area (Å²) in [5, 5.41) is 3.59. The molecule has 0 saturated carbocycles. The number of hydrogen-bond acceptors (Lipinski definition) is 5. The topological polar surface area (TPSA) is 67.3 Å². The second-order valence-corrected chi connectivity index (χ2v) is 5.04. The molecular formula is C14H13ClN4O2. The molecule has 0 radical (unpaired) electrons. The van der Waals surface area contributed by atoms with Gasteiger partial charge in [0.1, 0.15) is 5.75 Å². The fraction of sp³-hybridized carbons (Fsp3) is 0.214. The Morgan fingerprint density at radius 2 is 2.14 bits per heavy atom. The van der Waals surface area contributed by atoms with Gasteiger partial charge in [-0.2, -0.15) is 0 Å². The summed E-state index contributed by atoms with van der Waals surface area (Å²) in [6, 6.07) is 4.92. The van der Waals surface area contributed by atoms with Gasteiger partial charge in [-0.15, -0.1) is 0 Å². The lowest BCUT2D eigenvalue weighted by atomic mass is 10.1. The maximum absolute atomic E-state index is 12.4. The number of hydrogen-bond donors (Lipinski definition) is 1. The van der Waals surface area contributed by atoms with Crippen LogP contribution in [-0.4, -0.2) is 40.9 Å². The van der Waals surface area contributed by atoms with E-state index in [1.54, 1.807) is 36.3 Å². The molecule has 2 aromatic rings. The Bertz CT molecular complexity index is 692. The molecule has 7 heteroatoms. The van der Waals surface area contributed by atoms with Crippen LogP contribution in [0.3, 0.4) is 0 Å². The van der Waals surface area contributed by atoms with Gasteiger partial charge in [0.15, 0.2) is 5.82 Å². The Kier molecular flexibility index (Phi) is 3.62. The Hall–Kier alpha value is -2.34. The van der Waals surface area contributed by atoms with E-state index in [0.717, 1.165) is 0 Å². The van der Waals surface area contributed by atoms with E-state index < -0.39 is 0 Å². The fourth-order valence-electron chi connectivity index (χ4n) is 2.03. The molecule has 1 aliphatic heterocycles. The summed E-state index contributed by atoms with van der Waals surface area (Å²) >= 11 is 5.99. The Balaban J connectivity index is 2.11. The molecule has 108 valence electrons. The number of amides is 1. The van der Waals surface area contributed by atoms with Crippen molar-refractivity contribution in [3.8, 4) is 11.6 Å². The predicted molar refractivity (Wildman–Crippen MR) is 79.0 cm³/mol. The molecule has 0 bridgehead atoms. The lowest BCUT2D eigenvalue weighted by molar-refractivity contribution is 0.0797. The number of fused-ring (bicyclic) bond motifs is 2. The van der Waals surface area contributed by atoms with Crippen LogP contribution in [0.5, 0.6) is 11.6 Å². The number of benzene rings is 1. The van der Waals surface area contributed by atoms with Crippen LogP contribution in [0.2, 0.25) is 5.02 Å². The van der Waals surface area contributed by atoms with E-state index in [-0.39, 0.29) is 5.91 Å². The number of anilines is 1. The summed E-state index contributed by atoms with van der Waals surface area (Å²) in [6.45, 7) is 1.08.